The standard InChI is InChI=1S/C23H19NO4S/c1-17(25)23-15-19-14-20(28-16-18-8-4-2-5-9-18)12-13-22(19)24(23)29(26,27)21-10-6-3-7-11-21/h2-15H,16H2,1H3. The SMILES string of the molecule is CC(=O)c1cc2cc(OCc3ccccc3)ccc2n1S(=O)(=O)c1ccccc1. The Morgan fingerprint density at radius 2 is 1.55 bits per heavy atom. The molecule has 0 aliphatic carbocycles. The molecule has 0 N–H and O–H groups in total. The van der Waals surface area contributed by atoms with Crippen LogP contribution in [-0.2, 0) is 16.6 Å². The molecule has 0 radical (unpaired) electrons. The van der Waals surface area contributed by atoms with Crippen molar-refractivity contribution < 1.29 is 17.9 Å². The van der Waals surface area contributed by atoms with Crippen molar-refractivity contribution in [2.24, 2.45) is 0 Å². The molecule has 29 heavy (non-hydrogen) atoms. The first kappa shape index (κ1) is 19.0. The van der Waals surface area contributed by atoms with Crippen molar-refractivity contribution in [1.82, 2.24) is 3.97 Å². The second kappa shape index (κ2) is 7.56. The minimum Gasteiger partial charge on any atom is -0.489 e. The zero-order valence-corrected chi connectivity index (χ0v) is 16.6. The van der Waals surface area contributed by atoms with Gasteiger partial charge in [0.1, 0.15) is 18.1 Å². The van der Waals surface area contributed by atoms with E-state index in [-0.39, 0.29) is 16.4 Å². The maximum atomic E-state index is 13.2. The summed E-state index contributed by atoms with van der Waals surface area (Å²) >= 11 is 0. The molecule has 3 aromatic carbocycles. The van der Waals surface area contributed by atoms with Gasteiger partial charge in [-0.25, -0.2) is 12.4 Å². The fourth-order valence-electron chi connectivity index (χ4n) is 3.20. The van der Waals surface area contributed by atoms with Crippen LogP contribution in [0.25, 0.3) is 10.9 Å². The number of carbonyl (C=O) groups is 1. The van der Waals surface area contributed by atoms with E-state index in [1.165, 1.54) is 19.1 Å². The number of ether oxygens (including phenoxy) is 1. The van der Waals surface area contributed by atoms with Crippen molar-refractivity contribution in [3.05, 3.63) is 96.2 Å². The highest BCUT2D eigenvalue weighted by molar-refractivity contribution is 7.90. The van der Waals surface area contributed by atoms with E-state index in [4.69, 9.17) is 4.74 Å². The van der Waals surface area contributed by atoms with Gasteiger partial charge < -0.3 is 4.74 Å². The molecule has 4 aromatic rings. The van der Waals surface area contributed by atoms with Gasteiger partial charge in [-0.1, -0.05) is 48.5 Å². The van der Waals surface area contributed by atoms with E-state index in [1.807, 2.05) is 30.3 Å². The highest BCUT2D eigenvalue weighted by Crippen LogP contribution is 2.29. The molecule has 4 rings (SSSR count). The molecule has 1 heterocycles. The molecule has 146 valence electrons. The van der Waals surface area contributed by atoms with Crippen LogP contribution in [0.3, 0.4) is 0 Å². The number of Topliss-reactive ketones (excluding diaryl/α,β-unsaturated/α-hetero) is 1. The Kier molecular flexibility index (Phi) is 4.94. The van der Waals surface area contributed by atoms with E-state index >= 15 is 0 Å². The summed E-state index contributed by atoms with van der Waals surface area (Å²) in [5, 5.41) is 0.625. The average Bonchev–Trinajstić information content (AvgIpc) is 3.14. The molecular formula is C23H19NO4S. The highest BCUT2D eigenvalue weighted by Gasteiger charge is 2.25. The summed E-state index contributed by atoms with van der Waals surface area (Å²) in [7, 11) is -3.91. The van der Waals surface area contributed by atoms with Gasteiger partial charge in [0.25, 0.3) is 10.0 Å². The van der Waals surface area contributed by atoms with Crippen LogP contribution in [-0.4, -0.2) is 18.2 Å². The van der Waals surface area contributed by atoms with Crippen LogP contribution in [0, 0.1) is 0 Å². The van der Waals surface area contributed by atoms with Crippen LogP contribution < -0.4 is 4.74 Å². The third-order valence-corrected chi connectivity index (χ3v) is 6.36. The van der Waals surface area contributed by atoms with Gasteiger partial charge in [0.2, 0.25) is 0 Å². The number of fused-ring (bicyclic) bond motifs is 1. The van der Waals surface area contributed by atoms with Crippen molar-refractivity contribution in [3.63, 3.8) is 0 Å². The first-order valence-corrected chi connectivity index (χ1v) is 10.5. The van der Waals surface area contributed by atoms with Crippen molar-refractivity contribution in [3.8, 4) is 5.75 Å². The Morgan fingerprint density at radius 3 is 2.21 bits per heavy atom. The van der Waals surface area contributed by atoms with Crippen LogP contribution in [0.1, 0.15) is 23.0 Å². The monoisotopic (exact) mass is 405 g/mol. The highest BCUT2D eigenvalue weighted by atomic mass is 32.2. The Balaban J connectivity index is 1.77. The molecule has 0 aliphatic heterocycles. The maximum Gasteiger partial charge on any atom is 0.268 e. The molecule has 1 aromatic heterocycles. The average molecular weight is 405 g/mol. The van der Waals surface area contributed by atoms with Gasteiger partial charge in [0, 0.05) is 12.3 Å². The van der Waals surface area contributed by atoms with Crippen LogP contribution in [0.2, 0.25) is 0 Å². The largest absolute Gasteiger partial charge is 0.489 e. The molecule has 0 saturated heterocycles. The minimum atomic E-state index is -3.91. The molecule has 0 unspecified atom stereocenters. The summed E-state index contributed by atoms with van der Waals surface area (Å²) in [6, 6.07) is 24.6. The van der Waals surface area contributed by atoms with E-state index in [0.29, 0.717) is 23.3 Å². The lowest BCUT2D eigenvalue weighted by Gasteiger charge is -2.11. The normalized spacial score (nSPS) is 11.5. The first-order valence-electron chi connectivity index (χ1n) is 9.10. The predicted molar refractivity (Wildman–Crippen MR) is 112 cm³/mol. The Bertz CT molecular complexity index is 1280. The smallest absolute Gasteiger partial charge is 0.268 e. The van der Waals surface area contributed by atoms with Crippen molar-refractivity contribution >= 4 is 26.7 Å². The topological polar surface area (TPSA) is 65.4 Å². The summed E-state index contributed by atoms with van der Waals surface area (Å²) in [5.74, 6) is 0.276. The molecule has 0 bridgehead atoms. The molecule has 0 atom stereocenters. The van der Waals surface area contributed by atoms with E-state index in [1.54, 1.807) is 42.5 Å². The van der Waals surface area contributed by atoms with Crippen molar-refractivity contribution in [1.29, 1.82) is 0 Å². The number of hydrogen-bond acceptors (Lipinski definition) is 4. The third kappa shape index (κ3) is 3.67. The lowest BCUT2D eigenvalue weighted by Crippen LogP contribution is -2.17. The summed E-state index contributed by atoms with van der Waals surface area (Å²) in [6.07, 6.45) is 0. The first-order chi connectivity index (χ1) is 14.0. The predicted octanol–water partition coefficient (Wildman–Crippen LogP) is 4.66. The second-order valence-corrected chi connectivity index (χ2v) is 8.45. The molecule has 0 amide bonds. The van der Waals surface area contributed by atoms with E-state index < -0.39 is 10.0 Å². The number of hydrogen-bond donors (Lipinski definition) is 0. The second-order valence-electron chi connectivity index (χ2n) is 6.66. The summed E-state index contributed by atoms with van der Waals surface area (Å²) in [6.45, 7) is 1.76. The van der Waals surface area contributed by atoms with Crippen LogP contribution in [0.15, 0.2) is 89.8 Å². The number of rotatable bonds is 6. The van der Waals surface area contributed by atoms with Gasteiger partial charge in [0.15, 0.2) is 5.78 Å². The molecular weight excluding hydrogens is 386 g/mol. The quantitative estimate of drug-likeness (QED) is 0.438. The molecule has 0 aliphatic rings. The van der Waals surface area contributed by atoms with Crippen LogP contribution in [0.4, 0.5) is 0 Å². The maximum absolute atomic E-state index is 13.2. The van der Waals surface area contributed by atoms with E-state index in [0.717, 1.165) is 9.54 Å². The van der Waals surface area contributed by atoms with Gasteiger partial charge in [-0.3, -0.25) is 4.79 Å². The number of ketones is 1. The Morgan fingerprint density at radius 1 is 0.897 bits per heavy atom. The molecule has 0 saturated carbocycles. The molecule has 0 spiro atoms. The number of aromatic nitrogens is 1. The minimum absolute atomic E-state index is 0.115. The molecule has 0 fully saturated rings. The number of nitrogens with zero attached hydrogens (tertiary/aromatic N) is 1. The van der Waals surface area contributed by atoms with Gasteiger partial charge in [-0.15, -0.1) is 0 Å². The number of benzene rings is 3. The fraction of sp³-hybridized carbons (Fsp3) is 0.0870. The summed E-state index contributed by atoms with van der Waals surface area (Å²) in [4.78, 5) is 12.3. The lowest BCUT2D eigenvalue weighted by molar-refractivity contribution is 0.101. The van der Waals surface area contributed by atoms with Gasteiger partial charge in [-0.05, 0) is 42.0 Å². The molecule has 6 heteroatoms. The van der Waals surface area contributed by atoms with Gasteiger partial charge in [-0.2, -0.15) is 0 Å². The van der Waals surface area contributed by atoms with Crippen LogP contribution in [0.5, 0.6) is 5.75 Å². The molecule has 5 nitrogen and oxygen atoms in total. The summed E-state index contributed by atoms with van der Waals surface area (Å²) < 4.78 is 33.4. The van der Waals surface area contributed by atoms with Gasteiger partial charge in [0.05, 0.1) is 10.4 Å². The van der Waals surface area contributed by atoms with Crippen molar-refractivity contribution in [2.45, 2.75) is 18.4 Å². The third-order valence-electron chi connectivity index (χ3n) is 4.62. The number of carbonyl (C=O) groups excluding carboxylic acids is 1. The fourth-order valence-corrected chi connectivity index (χ4v) is 4.78. The van der Waals surface area contributed by atoms with Gasteiger partial charge >= 0.3 is 0 Å². The van der Waals surface area contributed by atoms with E-state index in [2.05, 4.69) is 0 Å². The van der Waals surface area contributed by atoms with Crippen LogP contribution >= 0.6 is 0 Å². The lowest BCUT2D eigenvalue weighted by atomic mass is 10.2. The Labute approximate surface area is 169 Å². The summed E-state index contributed by atoms with van der Waals surface area (Å²) in [5.41, 5.74) is 1.58. The zero-order chi connectivity index (χ0) is 20.4. The Hall–Kier alpha value is -3.38. The zero-order valence-electron chi connectivity index (χ0n) is 15.8. The van der Waals surface area contributed by atoms with Crippen molar-refractivity contribution in [2.75, 3.05) is 0 Å². The van der Waals surface area contributed by atoms with E-state index in [9.17, 15) is 13.2 Å².